The highest BCUT2D eigenvalue weighted by molar-refractivity contribution is 5.69. The topological polar surface area (TPSA) is 59.0 Å². The number of hydrogen-bond acceptors (Lipinski definition) is 5. The molecule has 0 aromatic rings. The van der Waals surface area contributed by atoms with E-state index >= 15 is 0 Å². The van der Waals surface area contributed by atoms with E-state index in [0.29, 0.717) is 19.8 Å². The van der Waals surface area contributed by atoms with Gasteiger partial charge in [0.2, 0.25) is 0 Å². The Labute approximate surface area is 103 Å². The van der Waals surface area contributed by atoms with Crippen LogP contribution in [-0.2, 0) is 14.3 Å². The van der Waals surface area contributed by atoms with E-state index in [1.54, 1.807) is 6.92 Å². The molecule has 5 nitrogen and oxygen atoms in total. The van der Waals surface area contributed by atoms with Gasteiger partial charge in [-0.15, -0.1) is 0 Å². The Morgan fingerprint density at radius 1 is 1.59 bits per heavy atom. The Morgan fingerprint density at radius 2 is 2.29 bits per heavy atom. The van der Waals surface area contributed by atoms with Gasteiger partial charge in [-0.3, -0.25) is 9.69 Å². The molecule has 1 unspecified atom stereocenters. The molecule has 0 aliphatic carbocycles. The minimum absolute atomic E-state index is 0.0611. The molecule has 0 amide bonds. The van der Waals surface area contributed by atoms with Crippen LogP contribution in [0.4, 0.5) is 0 Å². The van der Waals surface area contributed by atoms with Gasteiger partial charge in [0.15, 0.2) is 0 Å². The number of carbonyl (C=O) groups is 1. The summed E-state index contributed by atoms with van der Waals surface area (Å²) in [6.45, 7) is 8.89. The molecule has 1 aliphatic heterocycles. The number of aliphatic hydroxyl groups excluding tert-OH is 1. The van der Waals surface area contributed by atoms with Crippen LogP contribution >= 0.6 is 0 Å². The minimum atomic E-state index is -0.664. The first kappa shape index (κ1) is 14.4. The van der Waals surface area contributed by atoms with Crippen LogP contribution in [0.3, 0.4) is 0 Å². The molecular formula is C12H23NO4. The minimum Gasteiger partial charge on any atom is -0.466 e. The molecule has 0 aromatic heterocycles. The van der Waals surface area contributed by atoms with Gasteiger partial charge in [0.1, 0.15) is 0 Å². The molecule has 0 radical (unpaired) electrons. The van der Waals surface area contributed by atoms with E-state index < -0.39 is 6.10 Å². The second kappa shape index (κ2) is 6.33. The Kier molecular flexibility index (Phi) is 5.36. The van der Waals surface area contributed by atoms with Crippen LogP contribution in [0, 0.1) is 0 Å². The number of morpholine rings is 1. The van der Waals surface area contributed by atoms with Crippen molar-refractivity contribution in [3.8, 4) is 0 Å². The molecule has 1 rings (SSSR count). The van der Waals surface area contributed by atoms with Crippen LogP contribution in [0.15, 0.2) is 0 Å². The van der Waals surface area contributed by atoms with Crippen LogP contribution in [0.25, 0.3) is 0 Å². The largest absolute Gasteiger partial charge is 0.466 e. The summed E-state index contributed by atoms with van der Waals surface area (Å²) >= 11 is 0. The number of β-amino-alcohol motifs (C(OH)–C–C–N with tert-alkyl or cyclic N) is 1. The van der Waals surface area contributed by atoms with Gasteiger partial charge in [0.25, 0.3) is 0 Å². The van der Waals surface area contributed by atoms with Crippen molar-refractivity contribution in [2.75, 3.05) is 32.8 Å². The summed E-state index contributed by atoms with van der Waals surface area (Å²) in [7, 11) is 0. The van der Waals surface area contributed by atoms with E-state index in [2.05, 4.69) is 4.90 Å². The molecule has 100 valence electrons. The molecule has 0 saturated carbocycles. The standard InChI is InChI=1S/C12H23NO4/c1-4-16-11(15)7-10(14)8-13-5-6-17-12(2,3)9-13/h10,14H,4-9H2,1-3H3. The second-order valence-corrected chi connectivity index (χ2v) is 5.01. The lowest BCUT2D eigenvalue weighted by Gasteiger charge is -2.38. The van der Waals surface area contributed by atoms with Gasteiger partial charge in [-0.25, -0.2) is 0 Å². The van der Waals surface area contributed by atoms with Gasteiger partial charge in [-0.05, 0) is 20.8 Å². The summed E-state index contributed by atoms with van der Waals surface area (Å²) in [6, 6.07) is 0. The third-order valence-electron chi connectivity index (χ3n) is 2.68. The summed E-state index contributed by atoms with van der Waals surface area (Å²) in [5.41, 5.74) is -0.179. The monoisotopic (exact) mass is 245 g/mol. The normalized spacial score (nSPS) is 22.1. The molecule has 1 N–H and O–H groups in total. The average Bonchev–Trinajstić information content (AvgIpc) is 2.15. The molecule has 1 atom stereocenters. The summed E-state index contributed by atoms with van der Waals surface area (Å²) in [5, 5.41) is 9.79. The number of carbonyl (C=O) groups excluding carboxylic acids is 1. The van der Waals surface area contributed by atoms with Gasteiger partial charge in [-0.1, -0.05) is 0 Å². The second-order valence-electron chi connectivity index (χ2n) is 5.01. The third-order valence-corrected chi connectivity index (χ3v) is 2.68. The van der Waals surface area contributed by atoms with Crippen LogP contribution in [-0.4, -0.2) is 60.5 Å². The first-order valence-electron chi connectivity index (χ1n) is 6.13. The Morgan fingerprint density at radius 3 is 2.88 bits per heavy atom. The third kappa shape index (κ3) is 5.48. The van der Waals surface area contributed by atoms with Gasteiger partial charge in [0.05, 0.1) is 31.3 Å². The maximum absolute atomic E-state index is 11.2. The Bertz CT molecular complexity index is 255. The van der Waals surface area contributed by atoms with E-state index in [9.17, 15) is 9.90 Å². The van der Waals surface area contributed by atoms with E-state index in [1.165, 1.54) is 0 Å². The van der Waals surface area contributed by atoms with E-state index in [-0.39, 0.29) is 18.0 Å². The van der Waals surface area contributed by atoms with Gasteiger partial charge in [0, 0.05) is 19.6 Å². The quantitative estimate of drug-likeness (QED) is 0.711. The first-order chi connectivity index (χ1) is 7.93. The Balaban J connectivity index is 2.30. The van der Waals surface area contributed by atoms with Crippen molar-refractivity contribution in [1.29, 1.82) is 0 Å². The highest BCUT2D eigenvalue weighted by atomic mass is 16.5. The molecule has 0 spiro atoms. The molecule has 1 aliphatic rings. The zero-order chi connectivity index (χ0) is 12.9. The zero-order valence-corrected chi connectivity index (χ0v) is 10.9. The fourth-order valence-corrected chi connectivity index (χ4v) is 2.04. The van der Waals surface area contributed by atoms with Crippen molar-refractivity contribution < 1.29 is 19.4 Å². The maximum Gasteiger partial charge on any atom is 0.308 e. The summed E-state index contributed by atoms with van der Waals surface area (Å²) in [4.78, 5) is 13.3. The predicted octanol–water partition coefficient (Wildman–Crippen LogP) is 0.411. The Hall–Kier alpha value is -0.650. The fourth-order valence-electron chi connectivity index (χ4n) is 2.04. The van der Waals surface area contributed by atoms with Crippen molar-refractivity contribution in [2.45, 2.75) is 38.9 Å². The maximum atomic E-state index is 11.2. The lowest BCUT2D eigenvalue weighted by atomic mass is 10.1. The lowest BCUT2D eigenvalue weighted by Crippen LogP contribution is -2.50. The van der Waals surface area contributed by atoms with Crippen molar-refractivity contribution in [3.05, 3.63) is 0 Å². The number of aliphatic hydroxyl groups is 1. The zero-order valence-electron chi connectivity index (χ0n) is 10.9. The van der Waals surface area contributed by atoms with Crippen molar-refractivity contribution in [3.63, 3.8) is 0 Å². The van der Waals surface area contributed by atoms with Gasteiger partial charge >= 0.3 is 5.97 Å². The number of nitrogens with zero attached hydrogens (tertiary/aromatic N) is 1. The highest BCUT2D eigenvalue weighted by Crippen LogP contribution is 2.16. The molecule has 1 heterocycles. The molecule has 5 heteroatoms. The molecule has 1 saturated heterocycles. The van der Waals surface area contributed by atoms with Crippen LogP contribution in [0.1, 0.15) is 27.2 Å². The van der Waals surface area contributed by atoms with Crippen molar-refractivity contribution >= 4 is 5.97 Å². The van der Waals surface area contributed by atoms with Crippen molar-refractivity contribution in [1.82, 2.24) is 4.90 Å². The summed E-state index contributed by atoms with van der Waals surface area (Å²) in [6.07, 6.45) is -0.603. The van der Waals surface area contributed by atoms with E-state index in [1.807, 2.05) is 13.8 Å². The van der Waals surface area contributed by atoms with E-state index in [0.717, 1.165) is 13.1 Å². The highest BCUT2D eigenvalue weighted by Gasteiger charge is 2.28. The number of esters is 1. The van der Waals surface area contributed by atoms with Gasteiger partial charge < -0.3 is 14.6 Å². The fraction of sp³-hybridized carbons (Fsp3) is 0.917. The predicted molar refractivity (Wildman–Crippen MR) is 63.7 cm³/mol. The molecule has 0 bridgehead atoms. The summed E-state index contributed by atoms with van der Waals surface area (Å²) < 4.78 is 10.4. The van der Waals surface area contributed by atoms with E-state index in [4.69, 9.17) is 9.47 Å². The molecule has 0 aromatic carbocycles. The molecule has 17 heavy (non-hydrogen) atoms. The first-order valence-corrected chi connectivity index (χ1v) is 6.13. The van der Waals surface area contributed by atoms with Crippen LogP contribution in [0.2, 0.25) is 0 Å². The smallest absolute Gasteiger partial charge is 0.308 e. The van der Waals surface area contributed by atoms with Crippen LogP contribution in [0.5, 0.6) is 0 Å². The van der Waals surface area contributed by atoms with Crippen molar-refractivity contribution in [2.24, 2.45) is 0 Å². The lowest BCUT2D eigenvalue weighted by molar-refractivity contribution is -0.146. The average molecular weight is 245 g/mol. The number of rotatable bonds is 5. The number of ether oxygens (including phenoxy) is 2. The van der Waals surface area contributed by atoms with Gasteiger partial charge in [-0.2, -0.15) is 0 Å². The molecular weight excluding hydrogens is 222 g/mol. The van der Waals surface area contributed by atoms with Crippen LogP contribution < -0.4 is 0 Å². The summed E-state index contributed by atoms with van der Waals surface area (Å²) in [5.74, 6) is -0.340. The number of hydrogen-bond donors (Lipinski definition) is 1. The molecule has 1 fully saturated rings. The SMILES string of the molecule is CCOC(=O)CC(O)CN1CCOC(C)(C)C1.